The molecule has 4 aliphatic rings. The number of hydrazine groups is 1. The third-order valence-corrected chi connectivity index (χ3v) is 5.56. The molecule has 0 unspecified atom stereocenters. The van der Waals surface area contributed by atoms with E-state index in [9.17, 15) is 0 Å². The summed E-state index contributed by atoms with van der Waals surface area (Å²) in [6.07, 6.45) is 8.33. The first-order chi connectivity index (χ1) is 10.3. The van der Waals surface area contributed by atoms with Crippen molar-refractivity contribution < 1.29 is 4.42 Å². The fourth-order valence-electron chi connectivity index (χ4n) is 4.41. The van der Waals surface area contributed by atoms with Crippen molar-refractivity contribution in [2.24, 2.45) is 16.8 Å². The molecule has 21 heavy (non-hydrogen) atoms. The maximum absolute atomic E-state index is 5.41. The van der Waals surface area contributed by atoms with Crippen LogP contribution in [0.15, 0.2) is 39.9 Å². The molecule has 0 saturated heterocycles. The number of rotatable bonds is 1. The highest BCUT2D eigenvalue weighted by Crippen LogP contribution is 2.48. The molecular formula is C17H19N3O. The Labute approximate surface area is 123 Å². The maximum atomic E-state index is 5.41. The predicted octanol–water partition coefficient (Wildman–Crippen LogP) is 3.19. The third kappa shape index (κ3) is 1.69. The van der Waals surface area contributed by atoms with Gasteiger partial charge in [0.2, 0.25) is 0 Å². The molecule has 1 spiro atoms. The monoisotopic (exact) mass is 281 g/mol. The van der Waals surface area contributed by atoms with Crippen molar-refractivity contribution in [1.82, 2.24) is 10.9 Å². The number of nitrogens with one attached hydrogen (secondary N) is 2. The van der Waals surface area contributed by atoms with Gasteiger partial charge in [0.25, 0.3) is 0 Å². The number of aliphatic imine (C=N–C) groups is 1. The second-order valence-electron chi connectivity index (χ2n) is 6.73. The van der Waals surface area contributed by atoms with E-state index in [-0.39, 0.29) is 5.66 Å². The topological polar surface area (TPSA) is 49.6 Å². The smallest absolute Gasteiger partial charge is 0.144 e. The normalized spacial score (nSPS) is 34.4. The van der Waals surface area contributed by atoms with Crippen LogP contribution in [0.1, 0.15) is 37.7 Å². The molecule has 2 N–H and O–H groups in total. The predicted molar refractivity (Wildman–Crippen MR) is 81.8 cm³/mol. The van der Waals surface area contributed by atoms with Crippen LogP contribution in [0.4, 0.5) is 0 Å². The molecule has 1 aromatic carbocycles. The Bertz CT molecular complexity index is 726. The van der Waals surface area contributed by atoms with Gasteiger partial charge in [0.15, 0.2) is 0 Å². The minimum atomic E-state index is -0.0537. The number of fused-ring (bicyclic) bond motifs is 3. The van der Waals surface area contributed by atoms with Crippen molar-refractivity contribution in [2.45, 2.75) is 37.8 Å². The summed E-state index contributed by atoms with van der Waals surface area (Å²) >= 11 is 0. The van der Waals surface area contributed by atoms with Crippen molar-refractivity contribution >= 4 is 16.8 Å². The largest absolute Gasteiger partial charge is 0.464 e. The fourth-order valence-corrected chi connectivity index (χ4v) is 4.41. The van der Waals surface area contributed by atoms with Crippen LogP contribution < -0.4 is 10.9 Å². The second-order valence-corrected chi connectivity index (χ2v) is 6.73. The molecule has 3 saturated carbocycles. The quantitative estimate of drug-likeness (QED) is 0.844. The van der Waals surface area contributed by atoms with E-state index in [0.29, 0.717) is 5.92 Å². The van der Waals surface area contributed by atoms with E-state index in [1.54, 1.807) is 6.26 Å². The van der Waals surface area contributed by atoms with E-state index in [1.807, 2.05) is 12.1 Å². The van der Waals surface area contributed by atoms with Crippen molar-refractivity contribution in [3.63, 3.8) is 0 Å². The number of hydrogen-bond donors (Lipinski definition) is 2. The number of benzene rings is 1. The molecule has 3 aliphatic carbocycles. The molecule has 108 valence electrons. The van der Waals surface area contributed by atoms with Crippen LogP contribution in [-0.2, 0) is 0 Å². The van der Waals surface area contributed by atoms with Gasteiger partial charge >= 0.3 is 0 Å². The van der Waals surface area contributed by atoms with Crippen LogP contribution in [0, 0.1) is 11.8 Å². The van der Waals surface area contributed by atoms with Gasteiger partial charge in [-0.15, -0.1) is 0 Å². The molecule has 2 bridgehead atoms. The average Bonchev–Trinajstić information content (AvgIpc) is 3.15. The lowest BCUT2D eigenvalue weighted by Gasteiger charge is -2.47. The molecule has 2 heterocycles. The van der Waals surface area contributed by atoms with Crippen molar-refractivity contribution in [3.8, 4) is 0 Å². The number of nitrogens with zero attached hydrogens (tertiary/aromatic N) is 1. The lowest BCUT2D eigenvalue weighted by Crippen LogP contribution is -2.56. The van der Waals surface area contributed by atoms with Crippen molar-refractivity contribution in [2.75, 3.05) is 0 Å². The molecule has 1 aromatic heterocycles. The Hall–Kier alpha value is -1.81. The average molecular weight is 281 g/mol. The summed E-state index contributed by atoms with van der Waals surface area (Å²) in [6, 6.07) is 8.25. The Morgan fingerprint density at radius 3 is 2.86 bits per heavy atom. The standard InChI is InChI=1S/C17H19N3O/c1-4-14-5-2-11(1)10-17(14)18-16(19-20-17)13-3-6-15-12(9-13)7-8-21-15/h3,6-9,11,14,20H,1-2,4-5,10H2,(H,18,19)/t11?,14?,17-/m0/s1. The summed E-state index contributed by atoms with van der Waals surface area (Å²) in [5.74, 6) is 2.51. The summed E-state index contributed by atoms with van der Waals surface area (Å²) in [5, 5.41) is 1.13. The van der Waals surface area contributed by atoms with E-state index in [4.69, 9.17) is 9.41 Å². The van der Waals surface area contributed by atoms with E-state index in [0.717, 1.165) is 28.3 Å². The first-order valence-electron chi connectivity index (χ1n) is 7.93. The van der Waals surface area contributed by atoms with Crippen molar-refractivity contribution in [1.29, 1.82) is 0 Å². The highest BCUT2D eigenvalue weighted by molar-refractivity contribution is 6.02. The zero-order chi connectivity index (χ0) is 13.9. The zero-order valence-electron chi connectivity index (χ0n) is 11.9. The minimum Gasteiger partial charge on any atom is -0.464 e. The molecule has 1 atom stereocenters. The Morgan fingerprint density at radius 2 is 2.05 bits per heavy atom. The minimum absolute atomic E-state index is 0.0537. The van der Waals surface area contributed by atoms with Crippen LogP contribution >= 0.6 is 0 Å². The number of amidine groups is 1. The van der Waals surface area contributed by atoms with Crippen LogP contribution in [0.2, 0.25) is 0 Å². The fraction of sp³-hybridized carbons (Fsp3) is 0.471. The molecule has 4 nitrogen and oxygen atoms in total. The summed E-state index contributed by atoms with van der Waals surface area (Å²) in [7, 11) is 0. The van der Waals surface area contributed by atoms with Crippen LogP contribution in [0.25, 0.3) is 11.0 Å². The third-order valence-electron chi connectivity index (χ3n) is 5.56. The van der Waals surface area contributed by atoms with Crippen LogP contribution in [0.3, 0.4) is 0 Å². The van der Waals surface area contributed by atoms with Crippen LogP contribution in [-0.4, -0.2) is 11.5 Å². The molecule has 0 radical (unpaired) electrons. The molecule has 4 heteroatoms. The van der Waals surface area contributed by atoms with E-state index in [1.165, 1.54) is 32.1 Å². The molecule has 0 amide bonds. The summed E-state index contributed by atoms with van der Waals surface area (Å²) in [5.41, 5.74) is 8.87. The van der Waals surface area contributed by atoms with Gasteiger partial charge in [-0.3, -0.25) is 0 Å². The van der Waals surface area contributed by atoms with Gasteiger partial charge in [0.1, 0.15) is 17.1 Å². The number of furan rings is 1. The lowest BCUT2D eigenvalue weighted by molar-refractivity contribution is 0.0506. The van der Waals surface area contributed by atoms with Gasteiger partial charge in [0, 0.05) is 10.9 Å². The molecule has 1 aliphatic heterocycles. The lowest BCUT2D eigenvalue weighted by atomic mass is 9.65. The maximum Gasteiger partial charge on any atom is 0.144 e. The molecule has 6 rings (SSSR count). The highest BCUT2D eigenvalue weighted by atomic mass is 16.3. The molecule has 3 fully saturated rings. The SMILES string of the molecule is c1cc2cc(C3=N[C@@]4(CC5CCC4CC5)NN3)ccc2o1. The first-order valence-corrected chi connectivity index (χ1v) is 7.93. The van der Waals surface area contributed by atoms with Gasteiger partial charge in [-0.25, -0.2) is 10.4 Å². The summed E-state index contributed by atoms with van der Waals surface area (Å²) < 4.78 is 5.41. The molecule has 2 aromatic rings. The number of hydrogen-bond acceptors (Lipinski definition) is 4. The summed E-state index contributed by atoms with van der Waals surface area (Å²) in [6.45, 7) is 0. The summed E-state index contributed by atoms with van der Waals surface area (Å²) in [4.78, 5) is 5.09. The van der Waals surface area contributed by atoms with E-state index in [2.05, 4.69) is 23.0 Å². The molecular weight excluding hydrogens is 262 g/mol. The van der Waals surface area contributed by atoms with Gasteiger partial charge in [0.05, 0.1) is 6.26 Å². The first kappa shape index (κ1) is 11.8. The Kier molecular flexibility index (Phi) is 2.31. The Balaban J connectivity index is 1.53. The zero-order valence-corrected chi connectivity index (χ0v) is 11.9. The van der Waals surface area contributed by atoms with Gasteiger partial charge < -0.3 is 9.84 Å². The highest BCUT2D eigenvalue weighted by Gasteiger charge is 2.49. The van der Waals surface area contributed by atoms with Gasteiger partial charge in [-0.1, -0.05) is 0 Å². The van der Waals surface area contributed by atoms with E-state index >= 15 is 0 Å². The van der Waals surface area contributed by atoms with Crippen LogP contribution in [0.5, 0.6) is 0 Å². The van der Waals surface area contributed by atoms with Crippen molar-refractivity contribution in [3.05, 3.63) is 36.1 Å². The van der Waals surface area contributed by atoms with E-state index < -0.39 is 0 Å². The Morgan fingerprint density at radius 1 is 1.14 bits per heavy atom. The second kappa shape index (κ2) is 4.10. The van der Waals surface area contributed by atoms with Gasteiger partial charge in [-0.05, 0) is 68.2 Å². The van der Waals surface area contributed by atoms with Gasteiger partial charge in [-0.2, -0.15) is 0 Å².